The fraction of sp³-hybridized carbons (Fsp3) is 0.375. The molecule has 200 valence electrons. The number of hydrogen-bond donors (Lipinski definition) is 0. The molecule has 0 radical (unpaired) electrons. The summed E-state index contributed by atoms with van der Waals surface area (Å²) in [5.41, 5.74) is 4.42. The second-order valence-corrected chi connectivity index (χ2v) is 10.2. The van der Waals surface area contributed by atoms with Crippen molar-refractivity contribution >= 4 is 29.7 Å². The maximum Gasteiger partial charge on any atom is 0.251 e. The maximum atomic E-state index is 13.0. The molecule has 1 aliphatic heterocycles. The number of anilines is 1. The molecule has 0 saturated carbocycles. The number of morpholine rings is 1. The van der Waals surface area contributed by atoms with Crippen molar-refractivity contribution in [3.63, 3.8) is 0 Å². The molecular weight excluding hydrogens is 472 g/mol. The molecule has 2 aromatic carbocycles. The zero-order valence-corrected chi connectivity index (χ0v) is 23.0. The normalized spacial score (nSPS) is 15.7. The second-order valence-electron chi connectivity index (χ2n) is 10.2. The minimum Gasteiger partial charge on any atom is -0.378 e. The average molecular weight is 513 g/mol. The number of rotatable bonds is 10. The number of likely N-dealkylation sites (N-methyl/N-ethyl adjacent to an activating group) is 1. The first-order chi connectivity index (χ1) is 18.4. The first-order valence-corrected chi connectivity index (χ1v) is 13.5. The second kappa shape index (κ2) is 13.4. The maximum absolute atomic E-state index is 13.0. The highest BCUT2D eigenvalue weighted by Crippen LogP contribution is 2.21. The Morgan fingerprint density at radius 2 is 1.76 bits per heavy atom. The lowest BCUT2D eigenvalue weighted by molar-refractivity contribution is 0.122. The molecule has 1 unspecified atom stereocenters. The predicted octanol–water partition coefficient (Wildman–Crippen LogP) is 3.99. The SMILES string of the molecule is C=c1c(=CCCCC(C)=Nc2ccc(N3CCOCC3)cc2)ccc(=O)n1C(CN(C)C)c1ccccc1. The van der Waals surface area contributed by atoms with Crippen molar-refractivity contribution in [1.82, 2.24) is 9.47 Å². The molecular formula is C32H40N4O2. The topological polar surface area (TPSA) is 50.1 Å². The molecule has 1 aromatic heterocycles. The van der Waals surface area contributed by atoms with Crippen LogP contribution in [0.25, 0.3) is 12.7 Å². The highest BCUT2D eigenvalue weighted by Gasteiger charge is 2.17. The van der Waals surface area contributed by atoms with Crippen LogP contribution in [0, 0.1) is 0 Å². The average Bonchev–Trinajstić information content (AvgIpc) is 2.93. The van der Waals surface area contributed by atoms with E-state index in [0.717, 1.165) is 79.6 Å². The number of aromatic nitrogens is 1. The molecule has 1 fully saturated rings. The van der Waals surface area contributed by atoms with Crippen LogP contribution in [0.2, 0.25) is 0 Å². The van der Waals surface area contributed by atoms with E-state index < -0.39 is 0 Å². The van der Waals surface area contributed by atoms with Crippen LogP contribution in [0.3, 0.4) is 0 Å². The van der Waals surface area contributed by atoms with Crippen molar-refractivity contribution < 1.29 is 4.74 Å². The van der Waals surface area contributed by atoms with Gasteiger partial charge < -0.3 is 19.1 Å². The zero-order chi connectivity index (χ0) is 26.9. The summed E-state index contributed by atoms with van der Waals surface area (Å²) in [7, 11) is 4.06. The fourth-order valence-corrected chi connectivity index (χ4v) is 4.95. The molecule has 3 aromatic rings. The summed E-state index contributed by atoms with van der Waals surface area (Å²) in [6.07, 6.45) is 4.99. The van der Waals surface area contributed by atoms with Crippen molar-refractivity contribution in [3.8, 4) is 0 Å². The third-order valence-corrected chi connectivity index (χ3v) is 6.95. The van der Waals surface area contributed by atoms with Crippen LogP contribution in [0.5, 0.6) is 0 Å². The molecule has 1 saturated heterocycles. The van der Waals surface area contributed by atoms with Gasteiger partial charge in [0.15, 0.2) is 0 Å². The summed E-state index contributed by atoms with van der Waals surface area (Å²) in [4.78, 5) is 22.2. The number of nitrogens with zero attached hydrogens (tertiary/aromatic N) is 4. The largest absolute Gasteiger partial charge is 0.378 e. The van der Waals surface area contributed by atoms with Crippen LogP contribution in [-0.4, -0.2) is 62.1 Å². The van der Waals surface area contributed by atoms with Gasteiger partial charge in [0.05, 0.1) is 24.9 Å². The van der Waals surface area contributed by atoms with Gasteiger partial charge in [0.1, 0.15) is 0 Å². The molecule has 0 aliphatic carbocycles. The lowest BCUT2D eigenvalue weighted by atomic mass is 10.1. The third-order valence-electron chi connectivity index (χ3n) is 6.95. The Bertz CT molecular complexity index is 1370. The lowest BCUT2D eigenvalue weighted by Gasteiger charge is -2.28. The van der Waals surface area contributed by atoms with Crippen LogP contribution < -0.4 is 21.0 Å². The van der Waals surface area contributed by atoms with Gasteiger partial charge in [-0.25, -0.2) is 0 Å². The van der Waals surface area contributed by atoms with E-state index in [4.69, 9.17) is 9.73 Å². The van der Waals surface area contributed by atoms with E-state index in [0.29, 0.717) is 0 Å². The van der Waals surface area contributed by atoms with Crippen molar-refractivity contribution in [2.24, 2.45) is 4.99 Å². The van der Waals surface area contributed by atoms with Crippen LogP contribution in [-0.2, 0) is 4.74 Å². The highest BCUT2D eigenvalue weighted by atomic mass is 16.5. The molecule has 6 heteroatoms. The quantitative estimate of drug-likeness (QED) is 0.305. The van der Waals surface area contributed by atoms with Crippen LogP contribution in [0.4, 0.5) is 11.4 Å². The van der Waals surface area contributed by atoms with Gasteiger partial charge >= 0.3 is 0 Å². The number of ether oxygens (including phenoxy) is 1. The van der Waals surface area contributed by atoms with E-state index in [1.54, 1.807) is 6.07 Å². The van der Waals surface area contributed by atoms with Crippen LogP contribution >= 0.6 is 0 Å². The van der Waals surface area contributed by atoms with Crippen LogP contribution in [0.1, 0.15) is 37.8 Å². The fourth-order valence-electron chi connectivity index (χ4n) is 4.95. The Morgan fingerprint density at radius 1 is 1.05 bits per heavy atom. The lowest BCUT2D eigenvalue weighted by Crippen LogP contribution is -2.46. The highest BCUT2D eigenvalue weighted by molar-refractivity contribution is 5.84. The summed E-state index contributed by atoms with van der Waals surface area (Å²) in [6, 6.07) is 22.1. The number of aliphatic imine (C=N–C) groups is 1. The smallest absolute Gasteiger partial charge is 0.251 e. The molecule has 1 atom stereocenters. The van der Waals surface area contributed by atoms with Gasteiger partial charge in [0.25, 0.3) is 5.56 Å². The number of pyridine rings is 1. The van der Waals surface area contributed by atoms with E-state index in [1.165, 1.54) is 5.69 Å². The summed E-state index contributed by atoms with van der Waals surface area (Å²) in [5.74, 6) is 0. The Balaban J connectivity index is 1.42. The van der Waals surface area contributed by atoms with Gasteiger partial charge in [-0.05, 0) is 81.4 Å². The van der Waals surface area contributed by atoms with Crippen molar-refractivity contribution in [2.75, 3.05) is 51.8 Å². The Morgan fingerprint density at radius 3 is 2.45 bits per heavy atom. The summed E-state index contributed by atoms with van der Waals surface area (Å²) in [6.45, 7) is 10.6. The van der Waals surface area contributed by atoms with Gasteiger partial charge in [0.2, 0.25) is 0 Å². The molecule has 0 amide bonds. The Hall–Kier alpha value is -3.48. The van der Waals surface area contributed by atoms with E-state index in [-0.39, 0.29) is 11.6 Å². The van der Waals surface area contributed by atoms with E-state index >= 15 is 0 Å². The summed E-state index contributed by atoms with van der Waals surface area (Å²) in [5, 5.41) is 1.77. The standard InChI is InChI=1S/C32H40N4O2/c1-25(33-29-15-17-30(18-16-29)35-20-22-38-23-21-35)10-8-9-11-27-14-19-32(37)36(26(27)2)31(24-34(3)4)28-12-6-5-7-13-28/h5-7,11-19,31H,2,8-10,20-24H2,1,3-4H3. The first kappa shape index (κ1) is 27.6. The molecule has 0 N–H and O–H groups in total. The minimum atomic E-state index is -0.0939. The minimum absolute atomic E-state index is 0.0227. The number of benzene rings is 2. The summed E-state index contributed by atoms with van der Waals surface area (Å²) >= 11 is 0. The number of unbranched alkanes of at least 4 members (excludes halogenated alkanes) is 1. The van der Waals surface area contributed by atoms with Gasteiger partial charge in [0, 0.05) is 42.4 Å². The monoisotopic (exact) mass is 512 g/mol. The molecule has 38 heavy (non-hydrogen) atoms. The molecule has 0 spiro atoms. The third kappa shape index (κ3) is 7.30. The van der Waals surface area contributed by atoms with E-state index in [1.807, 2.05) is 42.9 Å². The first-order valence-electron chi connectivity index (χ1n) is 13.5. The van der Waals surface area contributed by atoms with Crippen LogP contribution in [0.15, 0.2) is 76.5 Å². The Kier molecular flexibility index (Phi) is 9.68. The molecule has 1 aliphatic rings. The molecule has 0 bridgehead atoms. The van der Waals surface area contributed by atoms with E-state index in [9.17, 15) is 4.79 Å². The zero-order valence-electron chi connectivity index (χ0n) is 23.0. The van der Waals surface area contributed by atoms with Gasteiger partial charge in [-0.15, -0.1) is 0 Å². The Labute approximate surface area is 226 Å². The van der Waals surface area contributed by atoms with Crippen molar-refractivity contribution in [1.29, 1.82) is 0 Å². The van der Waals surface area contributed by atoms with Crippen molar-refractivity contribution in [2.45, 2.75) is 32.2 Å². The van der Waals surface area contributed by atoms with Crippen molar-refractivity contribution in [3.05, 3.63) is 93.2 Å². The van der Waals surface area contributed by atoms with Gasteiger partial charge in [-0.2, -0.15) is 0 Å². The van der Waals surface area contributed by atoms with Gasteiger partial charge in [-0.1, -0.05) is 43.0 Å². The molecule has 2 heterocycles. The van der Waals surface area contributed by atoms with Gasteiger partial charge in [-0.3, -0.25) is 9.79 Å². The molecule has 6 nitrogen and oxygen atoms in total. The number of hydrogen-bond acceptors (Lipinski definition) is 5. The van der Waals surface area contributed by atoms with E-state index in [2.05, 4.69) is 65.8 Å². The predicted molar refractivity (Wildman–Crippen MR) is 159 cm³/mol. The summed E-state index contributed by atoms with van der Waals surface area (Å²) < 4.78 is 7.29. The molecule has 4 rings (SSSR count).